The van der Waals surface area contributed by atoms with Gasteiger partial charge in [-0.1, -0.05) is 5.16 Å². The monoisotopic (exact) mass is 363 g/mol. The fourth-order valence-corrected chi connectivity index (χ4v) is 2.95. The number of carbonyl (C=O) groups excluding carboxylic acids is 1. The molecular weight excluding hydrogens is 341 g/mol. The molecule has 1 fully saturated rings. The summed E-state index contributed by atoms with van der Waals surface area (Å²) in [6.45, 7) is 5.98. The van der Waals surface area contributed by atoms with Crippen molar-refractivity contribution in [2.75, 3.05) is 13.2 Å². The second-order valence-corrected chi connectivity index (χ2v) is 6.89. The topological polar surface area (TPSA) is 86.5 Å². The number of amides is 1. The first-order valence-electron chi connectivity index (χ1n) is 8.46. The maximum atomic E-state index is 13.2. The molecule has 1 N–H and O–H groups in total. The van der Waals surface area contributed by atoms with E-state index in [4.69, 9.17) is 14.0 Å². The molecule has 26 heavy (non-hydrogen) atoms. The van der Waals surface area contributed by atoms with E-state index in [0.29, 0.717) is 43.5 Å². The molecule has 8 heteroatoms. The van der Waals surface area contributed by atoms with Crippen molar-refractivity contribution in [1.29, 1.82) is 0 Å². The van der Waals surface area contributed by atoms with Crippen molar-refractivity contribution >= 4 is 5.91 Å². The molecule has 0 radical (unpaired) electrons. The largest absolute Gasteiger partial charge is 0.477 e. The number of aromatic nitrogens is 2. The zero-order valence-corrected chi connectivity index (χ0v) is 15.0. The molecule has 1 aromatic heterocycles. The van der Waals surface area contributed by atoms with Gasteiger partial charge in [0.05, 0.1) is 18.8 Å². The van der Waals surface area contributed by atoms with Gasteiger partial charge in [-0.15, -0.1) is 0 Å². The van der Waals surface area contributed by atoms with Gasteiger partial charge in [-0.25, -0.2) is 4.39 Å². The van der Waals surface area contributed by atoms with E-state index in [1.807, 2.05) is 0 Å². The third kappa shape index (κ3) is 3.85. The summed E-state index contributed by atoms with van der Waals surface area (Å²) in [5.74, 6) is 0.657. The van der Waals surface area contributed by atoms with Gasteiger partial charge in [0.25, 0.3) is 5.89 Å². The fourth-order valence-electron chi connectivity index (χ4n) is 2.95. The summed E-state index contributed by atoms with van der Waals surface area (Å²) in [6.07, 6.45) is 1.04. The number of benzene rings is 1. The normalized spacial score (nSPS) is 16.9. The number of nitrogens with one attached hydrogen (secondary N) is 1. The molecule has 0 unspecified atom stereocenters. The van der Waals surface area contributed by atoms with Crippen LogP contribution in [-0.2, 0) is 20.7 Å². The Bertz CT molecular complexity index is 767. The lowest BCUT2D eigenvalue weighted by Gasteiger charge is -2.34. The van der Waals surface area contributed by atoms with Crippen molar-refractivity contribution in [2.24, 2.45) is 0 Å². The van der Waals surface area contributed by atoms with Crippen molar-refractivity contribution in [2.45, 2.75) is 44.8 Å². The van der Waals surface area contributed by atoms with Gasteiger partial charge in [0.15, 0.2) is 11.4 Å². The van der Waals surface area contributed by atoms with Crippen LogP contribution in [0.2, 0.25) is 0 Å². The Morgan fingerprint density at radius 3 is 2.54 bits per heavy atom. The Morgan fingerprint density at radius 1 is 1.27 bits per heavy atom. The van der Waals surface area contributed by atoms with Gasteiger partial charge in [0, 0.05) is 19.8 Å². The van der Waals surface area contributed by atoms with Gasteiger partial charge < -0.3 is 19.3 Å². The molecule has 1 aromatic carbocycles. The van der Waals surface area contributed by atoms with Gasteiger partial charge in [-0.3, -0.25) is 4.79 Å². The van der Waals surface area contributed by atoms with Gasteiger partial charge in [-0.05, 0) is 38.1 Å². The fraction of sp³-hybridized carbons (Fsp3) is 0.500. The minimum absolute atomic E-state index is 0.190. The van der Waals surface area contributed by atoms with Crippen molar-refractivity contribution in [1.82, 2.24) is 15.5 Å². The summed E-state index contributed by atoms with van der Waals surface area (Å²) in [5.41, 5.74) is -1.64. The molecule has 0 bridgehead atoms. The molecule has 7 nitrogen and oxygen atoms in total. The first-order chi connectivity index (χ1) is 12.3. The van der Waals surface area contributed by atoms with E-state index >= 15 is 0 Å². The van der Waals surface area contributed by atoms with Crippen LogP contribution in [0.25, 0.3) is 0 Å². The van der Waals surface area contributed by atoms with Crippen molar-refractivity contribution in [3.05, 3.63) is 41.8 Å². The second-order valence-electron chi connectivity index (χ2n) is 6.89. The zero-order valence-electron chi connectivity index (χ0n) is 15.0. The van der Waals surface area contributed by atoms with Crippen LogP contribution in [0.5, 0.6) is 5.75 Å². The van der Waals surface area contributed by atoms with E-state index in [1.54, 1.807) is 26.0 Å². The highest BCUT2D eigenvalue weighted by atomic mass is 19.1. The SMILES string of the molecule is CC(=O)NC(C)(C)c1noc(C2(Oc3ccc(F)cc3)CCOCC2)n1. The quantitative estimate of drug-likeness (QED) is 0.879. The first-order valence-corrected chi connectivity index (χ1v) is 8.46. The Morgan fingerprint density at radius 2 is 1.92 bits per heavy atom. The van der Waals surface area contributed by atoms with E-state index < -0.39 is 11.1 Å². The third-order valence-electron chi connectivity index (χ3n) is 4.29. The van der Waals surface area contributed by atoms with Crippen LogP contribution in [0, 0.1) is 5.82 Å². The minimum atomic E-state index is -0.854. The highest BCUT2D eigenvalue weighted by molar-refractivity contribution is 5.73. The van der Waals surface area contributed by atoms with E-state index in [0.717, 1.165) is 0 Å². The number of nitrogens with zero attached hydrogens (tertiary/aromatic N) is 2. The molecule has 3 rings (SSSR count). The molecule has 1 saturated heterocycles. The lowest BCUT2D eigenvalue weighted by atomic mass is 9.93. The average Bonchev–Trinajstić information content (AvgIpc) is 3.08. The summed E-state index contributed by atoms with van der Waals surface area (Å²) >= 11 is 0. The highest BCUT2D eigenvalue weighted by Gasteiger charge is 2.43. The average molecular weight is 363 g/mol. The predicted octanol–water partition coefficient (Wildman–Crippen LogP) is 2.66. The summed E-state index contributed by atoms with van der Waals surface area (Å²) in [5, 5.41) is 6.82. The van der Waals surface area contributed by atoms with Crippen LogP contribution in [0.15, 0.2) is 28.8 Å². The Balaban J connectivity index is 1.91. The van der Waals surface area contributed by atoms with Crippen LogP contribution >= 0.6 is 0 Å². The molecule has 0 aliphatic carbocycles. The smallest absolute Gasteiger partial charge is 0.271 e. The molecule has 1 amide bonds. The van der Waals surface area contributed by atoms with E-state index in [1.165, 1.54) is 19.1 Å². The van der Waals surface area contributed by atoms with Crippen molar-refractivity contribution in [3.8, 4) is 5.75 Å². The van der Waals surface area contributed by atoms with E-state index in [-0.39, 0.29) is 11.7 Å². The maximum absolute atomic E-state index is 13.2. The minimum Gasteiger partial charge on any atom is -0.477 e. The van der Waals surface area contributed by atoms with Crippen molar-refractivity contribution < 1.29 is 23.2 Å². The molecular formula is C18H22FN3O4. The molecule has 140 valence electrons. The second kappa shape index (κ2) is 7.03. The lowest BCUT2D eigenvalue weighted by Crippen LogP contribution is -2.42. The van der Waals surface area contributed by atoms with Gasteiger partial charge in [-0.2, -0.15) is 4.98 Å². The highest BCUT2D eigenvalue weighted by Crippen LogP contribution is 2.37. The standard InChI is InChI=1S/C18H22FN3O4/c1-12(23)21-17(2,3)15-20-16(26-22-15)18(8-10-24-11-9-18)25-14-6-4-13(19)5-7-14/h4-7H,8-11H2,1-3H3,(H,21,23). The summed E-state index contributed by atoms with van der Waals surface area (Å²) in [7, 11) is 0. The number of ether oxygens (including phenoxy) is 2. The van der Waals surface area contributed by atoms with Crippen molar-refractivity contribution in [3.63, 3.8) is 0 Å². The maximum Gasteiger partial charge on any atom is 0.271 e. The Labute approximate surface area is 150 Å². The number of carbonyl (C=O) groups is 1. The summed E-state index contributed by atoms with van der Waals surface area (Å²) < 4.78 is 30.3. The predicted molar refractivity (Wildman–Crippen MR) is 89.9 cm³/mol. The summed E-state index contributed by atoms with van der Waals surface area (Å²) in [4.78, 5) is 15.9. The Kier molecular flexibility index (Phi) is 4.95. The molecule has 1 aliphatic rings. The lowest BCUT2D eigenvalue weighted by molar-refractivity contribution is -0.120. The third-order valence-corrected chi connectivity index (χ3v) is 4.29. The van der Waals surface area contributed by atoms with Crippen LogP contribution in [-0.4, -0.2) is 29.3 Å². The molecule has 0 saturated carbocycles. The molecule has 2 heterocycles. The molecule has 1 aliphatic heterocycles. The number of halogens is 1. The molecule has 0 atom stereocenters. The van der Waals surface area contributed by atoms with E-state index in [9.17, 15) is 9.18 Å². The van der Waals surface area contributed by atoms with Crippen LogP contribution in [0.3, 0.4) is 0 Å². The van der Waals surface area contributed by atoms with E-state index in [2.05, 4.69) is 15.5 Å². The van der Waals surface area contributed by atoms with Gasteiger partial charge in [0.2, 0.25) is 5.91 Å². The number of rotatable bonds is 5. The Hall–Kier alpha value is -2.48. The molecule has 0 spiro atoms. The number of hydrogen-bond acceptors (Lipinski definition) is 6. The zero-order chi connectivity index (χ0) is 18.8. The van der Waals surface area contributed by atoms with Gasteiger partial charge in [0.1, 0.15) is 11.6 Å². The van der Waals surface area contributed by atoms with Gasteiger partial charge >= 0.3 is 0 Å². The van der Waals surface area contributed by atoms with Crippen LogP contribution in [0.4, 0.5) is 4.39 Å². The van der Waals surface area contributed by atoms with Crippen LogP contribution < -0.4 is 10.1 Å². The molecule has 2 aromatic rings. The first kappa shape index (κ1) is 18.3. The number of hydrogen-bond donors (Lipinski definition) is 1. The van der Waals surface area contributed by atoms with Crippen LogP contribution in [0.1, 0.15) is 45.3 Å². The summed E-state index contributed by atoms with van der Waals surface area (Å²) in [6, 6.07) is 5.79.